The minimum atomic E-state index is -0.216. The molecule has 0 spiro atoms. The van der Waals surface area contributed by atoms with E-state index >= 15 is 0 Å². The summed E-state index contributed by atoms with van der Waals surface area (Å²) in [6.07, 6.45) is 3.48. The molecule has 116 valence electrons. The third kappa shape index (κ3) is 3.82. The second-order valence-corrected chi connectivity index (χ2v) is 6.44. The van der Waals surface area contributed by atoms with Crippen molar-refractivity contribution in [3.05, 3.63) is 22.2 Å². The van der Waals surface area contributed by atoms with E-state index in [0.29, 0.717) is 27.5 Å². The van der Waals surface area contributed by atoms with Gasteiger partial charge in [0.1, 0.15) is 0 Å². The highest BCUT2D eigenvalue weighted by Crippen LogP contribution is 2.32. The fourth-order valence-corrected chi connectivity index (χ4v) is 3.36. The molecule has 1 heterocycles. The molecule has 0 aromatic heterocycles. The topological polar surface area (TPSA) is 58.4 Å². The zero-order chi connectivity index (χ0) is 15.6. The van der Waals surface area contributed by atoms with E-state index in [1.165, 1.54) is 6.42 Å². The number of benzene rings is 1. The molecule has 4 nitrogen and oxygen atoms in total. The second kappa shape index (κ2) is 6.86. The molecule has 1 saturated heterocycles. The van der Waals surface area contributed by atoms with Crippen LogP contribution in [0.25, 0.3) is 0 Å². The Morgan fingerprint density at radius 1 is 1.43 bits per heavy atom. The van der Waals surface area contributed by atoms with Gasteiger partial charge < -0.3 is 11.1 Å². The molecule has 3 N–H and O–H groups in total. The summed E-state index contributed by atoms with van der Waals surface area (Å²) in [7, 11) is 0. The van der Waals surface area contributed by atoms with E-state index in [9.17, 15) is 4.79 Å². The second-order valence-electron chi connectivity index (χ2n) is 5.60. The summed E-state index contributed by atoms with van der Waals surface area (Å²) in [4.78, 5) is 14.7. The van der Waals surface area contributed by atoms with Crippen molar-refractivity contribution in [3.8, 4) is 0 Å². The third-order valence-electron chi connectivity index (χ3n) is 4.06. The molecule has 1 aliphatic heterocycles. The summed E-state index contributed by atoms with van der Waals surface area (Å²) in [5.41, 5.74) is 6.69. The van der Waals surface area contributed by atoms with Crippen LogP contribution in [-0.4, -0.2) is 29.4 Å². The number of halogens is 2. The van der Waals surface area contributed by atoms with Crippen LogP contribution >= 0.6 is 23.2 Å². The molecule has 2 atom stereocenters. The van der Waals surface area contributed by atoms with Crippen LogP contribution in [0.15, 0.2) is 12.1 Å². The Hall–Kier alpha value is -0.970. The van der Waals surface area contributed by atoms with Crippen LogP contribution < -0.4 is 11.1 Å². The SMILES string of the molecule is CC1CCCCN1C(C)C(=O)Nc1c(N)cc(Cl)cc1Cl. The molecule has 0 saturated carbocycles. The number of hydrogen-bond acceptors (Lipinski definition) is 3. The maximum Gasteiger partial charge on any atom is 0.241 e. The quantitative estimate of drug-likeness (QED) is 0.829. The fraction of sp³-hybridized carbons (Fsp3) is 0.533. The Labute approximate surface area is 135 Å². The Bertz CT molecular complexity index is 513. The van der Waals surface area contributed by atoms with Crippen molar-refractivity contribution in [2.45, 2.75) is 45.2 Å². The smallest absolute Gasteiger partial charge is 0.241 e. The van der Waals surface area contributed by atoms with Gasteiger partial charge in [-0.05, 0) is 45.4 Å². The first kappa shape index (κ1) is 16.4. The number of nitrogens with two attached hydrogens (primary N) is 1. The zero-order valence-electron chi connectivity index (χ0n) is 12.3. The van der Waals surface area contributed by atoms with E-state index in [-0.39, 0.29) is 11.9 Å². The Kier molecular flexibility index (Phi) is 5.36. The monoisotopic (exact) mass is 329 g/mol. The molecule has 1 aromatic rings. The molecule has 0 aliphatic carbocycles. The van der Waals surface area contributed by atoms with Crippen LogP contribution in [0.4, 0.5) is 11.4 Å². The van der Waals surface area contributed by atoms with Crippen molar-refractivity contribution >= 4 is 40.5 Å². The van der Waals surface area contributed by atoms with E-state index in [4.69, 9.17) is 28.9 Å². The predicted octanol–water partition coefficient (Wildman–Crippen LogP) is 3.78. The summed E-state index contributed by atoms with van der Waals surface area (Å²) < 4.78 is 0. The number of amides is 1. The fourth-order valence-electron chi connectivity index (χ4n) is 2.80. The van der Waals surface area contributed by atoms with E-state index in [1.54, 1.807) is 12.1 Å². The molecular weight excluding hydrogens is 309 g/mol. The van der Waals surface area contributed by atoms with Gasteiger partial charge in [0.2, 0.25) is 5.91 Å². The first-order chi connectivity index (χ1) is 9.90. The molecule has 1 amide bonds. The molecule has 1 aromatic carbocycles. The van der Waals surface area contributed by atoms with Crippen molar-refractivity contribution in [2.75, 3.05) is 17.6 Å². The number of hydrogen-bond donors (Lipinski definition) is 2. The maximum absolute atomic E-state index is 12.4. The van der Waals surface area contributed by atoms with Crippen molar-refractivity contribution < 1.29 is 4.79 Å². The molecule has 21 heavy (non-hydrogen) atoms. The molecule has 2 unspecified atom stereocenters. The normalized spacial score (nSPS) is 21.0. The lowest BCUT2D eigenvalue weighted by molar-refractivity contribution is -0.122. The van der Waals surface area contributed by atoms with Gasteiger partial charge in [0, 0.05) is 11.1 Å². The Morgan fingerprint density at radius 2 is 2.14 bits per heavy atom. The molecule has 1 aliphatic rings. The lowest BCUT2D eigenvalue weighted by Gasteiger charge is -2.37. The highest BCUT2D eigenvalue weighted by Gasteiger charge is 2.28. The van der Waals surface area contributed by atoms with Gasteiger partial charge in [0.05, 0.1) is 22.4 Å². The lowest BCUT2D eigenvalue weighted by atomic mass is 10.0. The van der Waals surface area contributed by atoms with Gasteiger partial charge in [0.15, 0.2) is 0 Å². The molecule has 6 heteroatoms. The van der Waals surface area contributed by atoms with Gasteiger partial charge in [-0.2, -0.15) is 0 Å². The standard InChI is InChI=1S/C15H21Cl2N3O/c1-9-5-3-4-6-20(9)10(2)15(21)19-14-12(17)7-11(16)8-13(14)18/h7-10H,3-6,18H2,1-2H3,(H,19,21). The molecule has 2 rings (SSSR count). The van der Waals surface area contributed by atoms with Gasteiger partial charge in [-0.25, -0.2) is 0 Å². The number of rotatable bonds is 3. The van der Waals surface area contributed by atoms with E-state index < -0.39 is 0 Å². The van der Waals surface area contributed by atoms with Gasteiger partial charge in [-0.3, -0.25) is 9.69 Å². The molecule has 0 bridgehead atoms. The zero-order valence-corrected chi connectivity index (χ0v) is 13.8. The lowest BCUT2D eigenvalue weighted by Crippen LogP contribution is -2.49. The van der Waals surface area contributed by atoms with Gasteiger partial charge >= 0.3 is 0 Å². The number of anilines is 2. The van der Waals surface area contributed by atoms with Crippen LogP contribution in [0.5, 0.6) is 0 Å². The number of carbonyl (C=O) groups is 1. The van der Waals surface area contributed by atoms with Gasteiger partial charge in [-0.15, -0.1) is 0 Å². The highest BCUT2D eigenvalue weighted by molar-refractivity contribution is 6.37. The van der Waals surface area contributed by atoms with Crippen LogP contribution in [0, 0.1) is 0 Å². The van der Waals surface area contributed by atoms with Gasteiger partial charge in [-0.1, -0.05) is 29.6 Å². The summed E-state index contributed by atoms with van der Waals surface area (Å²) in [5.74, 6) is -0.0975. The van der Waals surface area contributed by atoms with Crippen LogP contribution in [0.2, 0.25) is 10.0 Å². The summed E-state index contributed by atoms with van der Waals surface area (Å²) in [6.45, 7) is 5.02. The first-order valence-corrected chi connectivity index (χ1v) is 7.97. The van der Waals surface area contributed by atoms with Crippen molar-refractivity contribution in [1.82, 2.24) is 4.90 Å². The van der Waals surface area contributed by atoms with Crippen molar-refractivity contribution in [2.24, 2.45) is 0 Å². The maximum atomic E-state index is 12.4. The number of carbonyl (C=O) groups excluding carboxylic acids is 1. The minimum Gasteiger partial charge on any atom is -0.397 e. The largest absolute Gasteiger partial charge is 0.397 e. The molecule has 0 radical (unpaired) electrons. The van der Waals surface area contributed by atoms with E-state index in [0.717, 1.165) is 19.4 Å². The van der Waals surface area contributed by atoms with Crippen molar-refractivity contribution in [3.63, 3.8) is 0 Å². The number of piperidine rings is 1. The highest BCUT2D eigenvalue weighted by atomic mass is 35.5. The minimum absolute atomic E-state index is 0.0975. The van der Waals surface area contributed by atoms with Crippen LogP contribution in [0.3, 0.4) is 0 Å². The van der Waals surface area contributed by atoms with E-state index in [2.05, 4.69) is 17.1 Å². The third-order valence-corrected chi connectivity index (χ3v) is 4.58. The number of nitrogens with zero attached hydrogens (tertiary/aromatic N) is 1. The summed E-state index contributed by atoms with van der Waals surface area (Å²) >= 11 is 12.0. The van der Waals surface area contributed by atoms with Crippen molar-refractivity contribution in [1.29, 1.82) is 0 Å². The van der Waals surface area contributed by atoms with Gasteiger partial charge in [0.25, 0.3) is 0 Å². The molecule has 1 fully saturated rings. The average Bonchev–Trinajstić information content (AvgIpc) is 2.42. The predicted molar refractivity (Wildman–Crippen MR) is 89.0 cm³/mol. The Balaban J connectivity index is 2.10. The number of nitrogens with one attached hydrogen (secondary N) is 1. The molecular formula is C15H21Cl2N3O. The number of nitrogen functional groups attached to an aromatic ring is 1. The first-order valence-electron chi connectivity index (χ1n) is 7.21. The van der Waals surface area contributed by atoms with Crippen LogP contribution in [-0.2, 0) is 4.79 Å². The Morgan fingerprint density at radius 3 is 2.76 bits per heavy atom. The summed E-state index contributed by atoms with van der Waals surface area (Å²) in [5, 5.41) is 3.63. The summed E-state index contributed by atoms with van der Waals surface area (Å²) in [6, 6.07) is 3.35. The van der Waals surface area contributed by atoms with E-state index in [1.807, 2.05) is 6.92 Å². The average molecular weight is 330 g/mol. The van der Waals surface area contributed by atoms with Crippen LogP contribution in [0.1, 0.15) is 33.1 Å². The number of likely N-dealkylation sites (tertiary alicyclic amines) is 1.